The standard InChI is InChI=1S/C22H26BrN5O2/c23-17-8-6-15(7-9-17)13-25-21(29)16-4-3-11-28(14-16)22(30)20-12-19(26-27-20)18-5-1-2-10-24-18/h1-2,5-10,16,19-20,26-27H,3-4,11-14H2,(H,25,29). The van der Waals surface area contributed by atoms with Crippen LogP contribution in [0.15, 0.2) is 53.1 Å². The van der Waals surface area contributed by atoms with Crippen LogP contribution in [-0.2, 0) is 16.1 Å². The summed E-state index contributed by atoms with van der Waals surface area (Å²) in [6.45, 7) is 1.66. The van der Waals surface area contributed by atoms with Crippen molar-refractivity contribution in [1.29, 1.82) is 0 Å². The third-order valence-corrected chi connectivity index (χ3v) is 6.26. The zero-order valence-corrected chi connectivity index (χ0v) is 18.3. The van der Waals surface area contributed by atoms with Crippen molar-refractivity contribution in [2.24, 2.45) is 5.92 Å². The van der Waals surface area contributed by atoms with Gasteiger partial charge in [-0.05, 0) is 49.1 Å². The lowest BCUT2D eigenvalue weighted by molar-refractivity contribution is -0.137. The second kappa shape index (κ2) is 9.68. The molecule has 1 aromatic heterocycles. The fourth-order valence-electron chi connectivity index (χ4n) is 4.04. The molecule has 7 nitrogen and oxygen atoms in total. The van der Waals surface area contributed by atoms with E-state index in [1.807, 2.05) is 47.4 Å². The van der Waals surface area contributed by atoms with Crippen molar-refractivity contribution in [2.45, 2.75) is 37.9 Å². The molecule has 2 amide bonds. The van der Waals surface area contributed by atoms with Gasteiger partial charge in [-0.15, -0.1) is 0 Å². The molecule has 0 radical (unpaired) electrons. The lowest BCUT2D eigenvalue weighted by atomic mass is 9.96. The highest BCUT2D eigenvalue weighted by Gasteiger charge is 2.36. The number of amides is 2. The quantitative estimate of drug-likeness (QED) is 0.622. The van der Waals surface area contributed by atoms with Crippen LogP contribution in [0.25, 0.3) is 0 Å². The fraction of sp³-hybridized carbons (Fsp3) is 0.409. The molecule has 158 valence electrons. The molecule has 3 heterocycles. The molecule has 0 aliphatic carbocycles. The predicted octanol–water partition coefficient (Wildman–Crippen LogP) is 2.31. The van der Waals surface area contributed by atoms with Gasteiger partial charge in [-0.25, -0.2) is 10.9 Å². The topological polar surface area (TPSA) is 86.4 Å². The Morgan fingerprint density at radius 3 is 2.77 bits per heavy atom. The highest BCUT2D eigenvalue weighted by atomic mass is 79.9. The summed E-state index contributed by atoms with van der Waals surface area (Å²) in [5.41, 5.74) is 8.26. The Morgan fingerprint density at radius 2 is 2.00 bits per heavy atom. The average molecular weight is 472 g/mol. The van der Waals surface area contributed by atoms with Crippen molar-refractivity contribution >= 4 is 27.7 Å². The van der Waals surface area contributed by atoms with Gasteiger partial charge in [0, 0.05) is 30.3 Å². The molecule has 3 atom stereocenters. The summed E-state index contributed by atoms with van der Waals surface area (Å²) in [7, 11) is 0. The smallest absolute Gasteiger partial charge is 0.241 e. The van der Waals surface area contributed by atoms with Gasteiger partial charge in [-0.3, -0.25) is 14.6 Å². The number of halogens is 1. The van der Waals surface area contributed by atoms with E-state index in [9.17, 15) is 9.59 Å². The molecule has 2 aromatic rings. The Morgan fingerprint density at radius 1 is 1.17 bits per heavy atom. The van der Waals surface area contributed by atoms with E-state index in [0.29, 0.717) is 26.1 Å². The summed E-state index contributed by atoms with van der Waals surface area (Å²) in [6, 6.07) is 13.4. The fourth-order valence-corrected chi connectivity index (χ4v) is 4.31. The lowest BCUT2D eigenvalue weighted by Gasteiger charge is -2.33. The van der Waals surface area contributed by atoms with E-state index in [1.54, 1.807) is 6.20 Å². The number of piperidine rings is 1. The third-order valence-electron chi connectivity index (χ3n) is 5.73. The van der Waals surface area contributed by atoms with Gasteiger partial charge in [0.05, 0.1) is 17.7 Å². The first kappa shape index (κ1) is 21.0. The van der Waals surface area contributed by atoms with Gasteiger partial charge in [-0.1, -0.05) is 34.1 Å². The van der Waals surface area contributed by atoms with Crippen molar-refractivity contribution < 1.29 is 9.59 Å². The first-order chi connectivity index (χ1) is 14.6. The molecule has 3 unspecified atom stereocenters. The summed E-state index contributed by atoms with van der Waals surface area (Å²) in [5.74, 6) is -0.107. The van der Waals surface area contributed by atoms with Crippen LogP contribution in [0, 0.1) is 5.92 Å². The van der Waals surface area contributed by atoms with E-state index < -0.39 is 0 Å². The molecule has 2 aliphatic rings. The van der Waals surface area contributed by atoms with Gasteiger partial charge in [0.25, 0.3) is 0 Å². The van der Waals surface area contributed by atoms with E-state index in [4.69, 9.17) is 0 Å². The number of hydrogen-bond donors (Lipinski definition) is 3. The van der Waals surface area contributed by atoms with Crippen LogP contribution in [-0.4, -0.2) is 40.8 Å². The minimum atomic E-state index is -0.304. The normalized spacial score (nSPS) is 23.9. The maximum atomic E-state index is 13.0. The molecule has 1 aromatic carbocycles. The number of hydrogen-bond acceptors (Lipinski definition) is 5. The van der Waals surface area contributed by atoms with Gasteiger partial charge in [0.1, 0.15) is 6.04 Å². The largest absolute Gasteiger partial charge is 0.352 e. The van der Waals surface area contributed by atoms with Gasteiger partial charge < -0.3 is 10.2 Å². The van der Waals surface area contributed by atoms with E-state index >= 15 is 0 Å². The number of hydrazine groups is 1. The molecule has 4 rings (SSSR count). The molecule has 0 saturated carbocycles. The van der Waals surface area contributed by atoms with Gasteiger partial charge in [-0.2, -0.15) is 0 Å². The summed E-state index contributed by atoms with van der Waals surface area (Å²) >= 11 is 3.42. The summed E-state index contributed by atoms with van der Waals surface area (Å²) < 4.78 is 1.01. The summed E-state index contributed by atoms with van der Waals surface area (Å²) in [6.07, 6.45) is 4.05. The Labute approximate surface area is 184 Å². The first-order valence-corrected chi connectivity index (χ1v) is 11.1. The van der Waals surface area contributed by atoms with Gasteiger partial charge >= 0.3 is 0 Å². The number of pyridine rings is 1. The van der Waals surface area contributed by atoms with Crippen LogP contribution in [0.5, 0.6) is 0 Å². The first-order valence-electron chi connectivity index (χ1n) is 10.3. The SMILES string of the molecule is O=C(NCc1ccc(Br)cc1)C1CCCN(C(=O)C2CC(c3ccccn3)NN2)C1. The van der Waals surface area contributed by atoms with Crippen molar-refractivity contribution in [1.82, 2.24) is 26.1 Å². The molecule has 8 heteroatoms. The van der Waals surface area contributed by atoms with Crippen molar-refractivity contribution in [3.8, 4) is 0 Å². The van der Waals surface area contributed by atoms with Crippen molar-refractivity contribution in [3.05, 3.63) is 64.4 Å². The van der Waals surface area contributed by atoms with Crippen LogP contribution in [0.1, 0.15) is 36.6 Å². The molecule has 0 bridgehead atoms. The van der Waals surface area contributed by atoms with Crippen LogP contribution in [0.3, 0.4) is 0 Å². The summed E-state index contributed by atoms with van der Waals surface area (Å²) in [5, 5.41) is 3.02. The number of nitrogens with one attached hydrogen (secondary N) is 3. The van der Waals surface area contributed by atoms with E-state index in [-0.39, 0.29) is 29.8 Å². The molecule has 3 N–H and O–H groups in total. The lowest BCUT2D eigenvalue weighted by Crippen LogP contribution is -2.51. The zero-order chi connectivity index (χ0) is 20.9. The van der Waals surface area contributed by atoms with Crippen LogP contribution < -0.4 is 16.2 Å². The Bertz CT molecular complexity index is 877. The van der Waals surface area contributed by atoms with Crippen LogP contribution in [0.4, 0.5) is 0 Å². The predicted molar refractivity (Wildman–Crippen MR) is 117 cm³/mol. The minimum absolute atomic E-state index is 0.00921. The Balaban J connectivity index is 1.29. The number of rotatable bonds is 5. The molecular formula is C22H26BrN5O2. The number of aromatic nitrogens is 1. The van der Waals surface area contributed by atoms with Crippen LogP contribution in [0.2, 0.25) is 0 Å². The number of carbonyl (C=O) groups excluding carboxylic acids is 2. The Hall–Kier alpha value is -2.29. The maximum absolute atomic E-state index is 13.0. The second-order valence-electron chi connectivity index (χ2n) is 7.85. The average Bonchev–Trinajstić information content (AvgIpc) is 3.29. The zero-order valence-electron chi connectivity index (χ0n) is 16.7. The summed E-state index contributed by atoms with van der Waals surface area (Å²) in [4.78, 5) is 31.9. The highest BCUT2D eigenvalue weighted by Crippen LogP contribution is 2.24. The molecular weight excluding hydrogens is 446 g/mol. The number of benzene rings is 1. The van der Waals surface area contributed by atoms with E-state index in [1.165, 1.54) is 0 Å². The monoisotopic (exact) mass is 471 g/mol. The Kier molecular flexibility index (Phi) is 6.76. The number of carbonyl (C=O) groups is 2. The molecule has 2 fully saturated rings. The van der Waals surface area contributed by atoms with Crippen molar-refractivity contribution in [2.75, 3.05) is 13.1 Å². The molecule has 30 heavy (non-hydrogen) atoms. The molecule has 0 spiro atoms. The van der Waals surface area contributed by atoms with Crippen LogP contribution >= 0.6 is 15.9 Å². The number of nitrogens with zero attached hydrogens (tertiary/aromatic N) is 2. The minimum Gasteiger partial charge on any atom is -0.352 e. The highest BCUT2D eigenvalue weighted by molar-refractivity contribution is 9.10. The van der Waals surface area contributed by atoms with E-state index in [0.717, 1.165) is 28.6 Å². The van der Waals surface area contributed by atoms with Gasteiger partial charge in [0.15, 0.2) is 0 Å². The molecule has 2 saturated heterocycles. The third kappa shape index (κ3) is 5.06. The van der Waals surface area contributed by atoms with Crippen molar-refractivity contribution in [3.63, 3.8) is 0 Å². The maximum Gasteiger partial charge on any atom is 0.241 e. The van der Waals surface area contributed by atoms with Gasteiger partial charge in [0.2, 0.25) is 11.8 Å². The second-order valence-corrected chi connectivity index (χ2v) is 8.77. The van der Waals surface area contributed by atoms with E-state index in [2.05, 4.69) is 37.1 Å². The number of likely N-dealkylation sites (tertiary alicyclic amines) is 1. The molecule has 2 aliphatic heterocycles.